The summed E-state index contributed by atoms with van der Waals surface area (Å²) in [6, 6.07) is 0. The molecule has 0 amide bonds. The second-order valence-electron chi connectivity index (χ2n) is 3.43. The van der Waals surface area contributed by atoms with Crippen molar-refractivity contribution in [1.29, 1.82) is 0 Å². The quantitative estimate of drug-likeness (QED) is 0.747. The highest BCUT2D eigenvalue weighted by atomic mass is 32.2. The van der Waals surface area contributed by atoms with E-state index in [-0.39, 0.29) is 0 Å². The summed E-state index contributed by atoms with van der Waals surface area (Å²) in [6.07, 6.45) is 3.87. The SMILES string of the molecule is Cn1ncc(O)c1C1CCSCC1. The predicted molar refractivity (Wildman–Crippen MR) is 54.2 cm³/mol. The van der Waals surface area contributed by atoms with E-state index in [1.165, 1.54) is 17.7 Å². The number of rotatable bonds is 1. The molecule has 0 atom stereocenters. The van der Waals surface area contributed by atoms with Gasteiger partial charge in [-0.05, 0) is 24.3 Å². The molecule has 0 spiro atoms. The van der Waals surface area contributed by atoms with Crippen molar-refractivity contribution in [1.82, 2.24) is 9.78 Å². The molecule has 1 aliphatic rings. The summed E-state index contributed by atoms with van der Waals surface area (Å²) < 4.78 is 1.80. The number of aromatic hydroxyl groups is 1. The first kappa shape index (κ1) is 8.94. The molecule has 3 nitrogen and oxygen atoms in total. The van der Waals surface area contributed by atoms with Gasteiger partial charge in [0.1, 0.15) is 0 Å². The molecular weight excluding hydrogens is 184 g/mol. The fraction of sp³-hybridized carbons (Fsp3) is 0.667. The van der Waals surface area contributed by atoms with Crippen molar-refractivity contribution in [2.75, 3.05) is 11.5 Å². The van der Waals surface area contributed by atoms with Gasteiger partial charge in [0.05, 0.1) is 11.9 Å². The zero-order chi connectivity index (χ0) is 9.26. The number of aryl methyl sites for hydroxylation is 1. The van der Waals surface area contributed by atoms with Crippen LogP contribution >= 0.6 is 11.8 Å². The Balaban J connectivity index is 2.22. The minimum atomic E-state index is 0.361. The molecule has 13 heavy (non-hydrogen) atoms. The molecule has 0 unspecified atom stereocenters. The van der Waals surface area contributed by atoms with Gasteiger partial charge in [0.25, 0.3) is 0 Å². The van der Waals surface area contributed by atoms with Gasteiger partial charge >= 0.3 is 0 Å². The second-order valence-corrected chi connectivity index (χ2v) is 4.65. The van der Waals surface area contributed by atoms with Gasteiger partial charge in [-0.3, -0.25) is 4.68 Å². The van der Waals surface area contributed by atoms with Gasteiger partial charge in [-0.2, -0.15) is 16.9 Å². The van der Waals surface area contributed by atoms with Gasteiger partial charge in [-0.1, -0.05) is 0 Å². The molecule has 1 aromatic heterocycles. The van der Waals surface area contributed by atoms with E-state index >= 15 is 0 Å². The van der Waals surface area contributed by atoms with Crippen molar-refractivity contribution in [3.05, 3.63) is 11.9 Å². The second kappa shape index (κ2) is 3.62. The third kappa shape index (κ3) is 1.68. The molecule has 1 aromatic rings. The smallest absolute Gasteiger partial charge is 0.157 e. The average molecular weight is 198 g/mol. The van der Waals surface area contributed by atoms with Crippen molar-refractivity contribution < 1.29 is 5.11 Å². The first-order chi connectivity index (χ1) is 6.29. The van der Waals surface area contributed by atoms with Crippen LogP contribution in [0.1, 0.15) is 24.5 Å². The normalized spacial score (nSPS) is 19.2. The molecular formula is C9H14N2OS. The zero-order valence-electron chi connectivity index (χ0n) is 7.73. The summed E-state index contributed by atoms with van der Waals surface area (Å²) in [5.41, 5.74) is 1.01. The Kier molecular flexibility index (Phi) is 2.49. The predicted octanol–water partition coefficient (Wildman–Crippen LogP) is 1.74. The minimum Gasteiger partial charge on any atom is -0.504 e. The standard InChI is InChI=1S/C9H14N2OS/c1-11-9(8(12)6-10-11)7-2-4-13-5-3-7/h6-7,12H,2-5H2,1H3. The summed E-state index contributed by atoms with van der Waals surface area (Å²) in [5.74, 6) is 3.28. The molecule has 0 radical (unpaired) electrons. The van der Waals surface area contributed by atoms with Gasteiger partial charge in [0.15, 0.2) is 5.75 Å². The maximum atomic E-state index is 9.59. The van der Waals surface area contributed by atoms with Crippen LogP contribution in [0.5, 0.6) is 5.75 Å². The Morgan fingerprint density at radius 1 is 1.54 bits per heavy atom. The highest BCUT2D eigenvalue weighted by Gasteiger charge is 2.21. The highest BCUT2D eigenvalue weighted by Crippen LogP contribution is 2.35. The Morgan fingerprint density at radius 3 is 2.77 bits per heavy atom. The minimum absolute atomic E-state index is 0.361. The molecule has 72 valence electrons. The maximum absolute atomic E-state index is 9.59. The van der Waals surface area contributed by atoms with E-state index in [2.05, 4.69) is 5.10 Å². The molecule has 0 aromatic carbocycles. The van der Waals surface area contributed by atoms with Crippen LogP contribution in [0.3, 0.4) is 0 Å². The summed E-state index contributed by atoms with van der Waals surface area (Å²) in [5, 5.41) is 13.6. The Bertz CT molecular complexity index is 272. The van der Waals surface area contributed by atoms with Gasteiger partial charge in [0.2, 0.25) is 0 Å². The molecule has 1 fully saturated rings. The summed E-state index contributed by atoms with van der Waals surface area (Å²) >= 11 is 2.00. The summed E-state index contributed by atoms with van der Waals surface area (Å²) in [4.78, 5) is 0. The maximum Gasteiger partial charge on any atom is 0.157 e. The monoisotopic (exact) mass is 198 g/mol. The number of thioether (sulfide) groups is 1. The van der Waals surface area contributed by atoms with E-state index in [1.807, 2.05) is 18.8 Å². The third-order valence-corrected chi connectivity index (χ3v) is 3.62. The summed E-state index contributed by atoms with van der Waals surface area (Å²) in [6.45, 7) is 0. The highest BCUT2D eigenvalue weighted by molar-refractivity contribution is 7.99. The third-order valence-electron chi connectivity index (χ3n) is 2.57. The summed E-state index contributed by atoms with van der Waals surface area (Å²) in [7, 11) is 1.90. The van der Waals surface area contributed by atoms with Crippen LogP contribution in [0.15, 0.2) is 6.20 Å². The van der Waals surface area contributed by atoms with E-state index in [1.54, 1.807) is 4.68 Å². The average Bonchev–Trinajstić information content (AvgIpc) is 2.48. The topological polar surface area (TPSA) is 38.0 Å². The fourth-order valence-electron chi connectivity index (χ4n) is 1.88. The molecule has 2 heterocycles. The molecule has 0 saturated carbocycles. The van der Waals surface area contributed by atoms with E-state index < -0.39 is 0 Å². The van der Waals surface area contributed by atoms with Gasteiger partial charge in [-0.15, -0.1) is 0 Å². The van der Waals surface area contributed by atoms with Crippen LogP contribution < -0.4 is 0 Å². The van der Waals surface area contributed by atoms with Crippen LogP contribution in [0.2, 0.25) is 0 Å². The van der Waals surface area contributed by atoms with E-state index in [0.717, 1.165) is 18.5 Å². The molecule has 4 heteroatoms. The molecule has 1 aliphatic heterocycles. The first-order valence-electron chi connectivity index (χ1n) is 4.57. The van der Waals surface area contributed by atoms with Gasteiger partial charge in [-0.25, -0.2) is 0 Å². The van der Waals surface area contributed by atoms with E-state index in [4.69, 9.17) is 0 Å². The fourth-order valence-corrected chi connectivity index (χ4v) is 2.99. The number of hydrogen-bond donors (Lipinski definition) is 1. The number of hydrogen-bond acceptors (Lipinski definition) is 3. The Labute approximate surface area is 82.1 Å². The molecule has 0 bridgehead atoms. The van der Waals surface area contributed by atoms with Gasteiger partial charge in [0, 0.05) is 13.0 Å². The molecule has 0 aliphatic carbocycles. The molecule has 1 saturated heterocycles. The number of nitrogens with zero attached hydrogens (tertiary/aromatic N) is 2. The largest absolute Gasteiger partial charge is 0.504 e. The Morgan fingerprint density at radius 2 is 2.23 bits per heavy atom. The lowest BCUT2D eigenvalue weighted by Crippen LogP contribution is -2.12. The molecule has 2 rings (SSSR count). The van der Waals surface area contributed by atoms with E-state index in [9.17, 15) is 5.11 Å². The van der Waals surface area contributed by atoms with Crippen LogP contribution in [0.4, 0.5) is 0 Å². The van der Waals surface area contributed by atoms with Crippen molar-refractivity contribution in [3.8, 4) is 5.75 Å². The first-order valence-corrected chi connectivity index (χ1v) is 5.73. The van der Waals surface area contributed by atoms with E-state index in [0.29, 0.717) is 11.7 Å². The van der Waals surface area contributed by atoms with Crippen molar-refractivity contribution >= 4 is 11.8 Å². The lowest BCUT2D eigenvalue weighted by atomic mass is 9.98. The lowest BCUT2D eigenvalue weighted by molar-refractivity contribution is 0.450. The lowest BCUT2D eigenvalue weighted by Gasteiger charge is -2.21. The van der Waals surface area contributed by atoms with Crippen LogP contribution in [0, 0.1) is 0 Å². The van der Waals surface area contributed by atoms with Crippen molar-refractivity contribution in [3.63, 3.8) is 0 Å². The Hall–Kier alpha value is -0.640. The van der Waals surface area contributed by atoms with Crippen LogP contribution in [-0.4, -0.2) is 26.4 Å². The van der Waals surface area contributed by atoms with Gasteiger partial charge < -0.3 is 5.11 Å². The molecule has 1 N–H and O–H groups in total. The zero-order valence-corrected chi connectivity index (χ0v) is 8.55. The van der Waals surface area contributed by atoms with Crippen LogP contribution in [-0.2, 0) is 7.05 Å². The van der Waals surface area contributed by atoms with Crippen molar-refractivity contribution in [2.45, 2.75) is 18.8 Å². The van der Waals surface area contributed by atoms with Crippen LogP contribution in [0.25, 0.3) is 0 Å². The number of aromatic nitrogens is 2. The van der Waals surface area contributed by atoms with Crippen molar-refractivity contribution in [2.24, 2.45) is 7.05 Å².